The van der Waals surface area contributed by atoms with Crippen LogP contribution in [0.2, 0.25) is 0 Å². The highest BCUT2D eigenvalue weighted by molar-refractivity contribution is 9.10. The Kier molecular flexibility index (Phi) is 4.09. The van der Waals surface area contributed by atoms with Crippen LogP contribution in [0.5, 0.6) is 0 Å². The summed E-state index contributed by atoms with van der Waals surface area (Å²) in [5.41, 5.74) is 4.55. The van der Waals surface area contributed by atoms with Gasteiger partial charge in [-0.25, -0.2) is 4.79 Å². The maximum Gasteiger partial charge on any atom is 0.328 e. The van der Waals surface area contributed by atoms with Gasteiger partial charge in [-0.1, -0.05) is 0 Å². The van der Waals surface area contributed by atoms with E-state index in [1.54, 1.807) is 0 Å². The van der Waals surface area contributed by atoms with E-state index in [-0.39, 0.29) is 5.69 Å². The maximum absolute atomic E-state index is 11.2. The van der Waals surface area contributed by atoms with Gasteiger partial charge in [0.1, 0.15) is 0 Å². The van der Waals surface area contributed by atoms with Crippen LogP contribution in [0.15, 0.2) is 20.3 Å². The number of aryl methyl sites for hydroxylation is 1. The van der Waals surface area contributed by atoms with Crippen LogP contribution in [0.4, 0.5) is 0 Å². The molecule has 3 N–H and O–H groups in total. The van der Waals surface area contributed by atoms with Gasteiger partial charge in [-0.15, -0.1) is 0 Å². The minimum Gasteiger partial charge on any atom is -0.330 e. The summed E-state index contributed by atoms with van der Waals surface area (Å²) < 4.78 is 1.83. The zero-order chi connectivity index (χ0) is 10.6. The van der Waals surface area contributed by atoms with E-state index in [2.05, 4.69) is 20.9 Å². The molecule has 0 saturated carbocycles. The lowest BCUT2D eigenvalue weighted by Crippen LogP contribution is -2.29. The molecule has 0 bridgehead atoms. The molecule has 0 aliphatic heterocycles. The van der Waals surface area contributed by atoms with E-state index in [0.29, 0.717) is 17.6 Å². The molecule has 1 heterocycles. The summed E-state index contributed by atoms with van der Waals surface area (Å²) in [6.07, 6.45) is 3.19. The van der Waals surface area contributed by atoms with Crippen molar-refractivity contribution in [2.45, 2.75) is 19.4 Å². The average molecular weight is 262 g/mol. The minimum atomic E-state index is -0.398. The molecule has 0 unspecified atom stereocenters. The Labute approximate surface area is 89.1 Å². The first-order valence-electron chi connectivity index (χ1n) is 4.34. The number of aromatic amines is 1. The monoisotopic (exact) mass is 261 g/mol. The molecule has 1 aromatic rings. The highest BCUT2D eigenvalue weighted by Gasteiger charge is 2.00. The van der Waals surface area contributed by atoms with E-state index < -0.39 is 5.56 Å². The van der Waals surface area contributed by atoms with Crippen molar-refractivity contribution in [3.05, 3.63) is 31.5 Å². The summed E-state index contributed by atoms with van der Waals surface area (Å²) in [5, 5.41) is 0. The normalized spacial score (nSPS) is 10.4. The molecule has 0 fully saturated rings. The van der Waals surface area contributed by atoms with Crippen molar-refractivity contribution in [3.8, 4) is 0 Å². The third kappa shape index (κ3) is 2.81. The largest absolute Gasteiger partial charge is 0.330 e. The third-order valence-corrected chi connectivity index (χ3v) is 2.39. The molecular weight excluding hydrogens is 250 g/mol. The second kappa shape index (κ2) is 5.11. The smallest absolute Gasteiger partial charge is 0.328 e. The van der Waals surface area contributed by atoms with E-state index >= 15 is 0 Å². The fraction of sp³-hybridized carbons (Fsp3) is 0.500. The minimum absolute atomic E-state index is 0.366. The lowest BCUT2D eigenvalue weighted by Gasteiger charge is -2.03. The summed E-state index contributed by atoms with van der Waals surface area (Å²) in [4.78, 5) is 24.4. The molecule has 14 heavy (non-hydrogen) atoms. The van der Waals surface area contributed by atoms with Crippen LogP contribution in [0.1, 0.15) is 12.8 Å². The van der Waals surface area contributed by atoms with Crippen molar-refractivity contribution < 1.29 is 0 Å². The lowest BCUT2D eigenvalue weighted by molar-refractivity contribution is 0.582. The molecule has 0 aliphatic rings. The van der Waals surface area contributed by atoms with Crippen molar-refractivity contribution in [3.63, 3.8) is 0 Å². The van der Waals surface area contributed by atoms with Gasteiger partial charge in [0, 0.05) is 12.7 Å². The average Bonchev–Trinajstić information content (AvgIpc) is 2.14. The van der Waals surface area contributed by atoms with Gasteiger partial charge in [0.2, 0.25) is 0 Å². The van der Waals surface area contributed by atoms with Gasteiger partial charge in [-0.3, -0.25) is 14.3 Å². The summed E-state index contributed by atoms with van der Waals surface area (Å²) in [7, 11) is 0. The van der Waals surface area contributed by atoms with Crippen molar-refractivity contribution in [1.82, 2.24) is 9.55 Å². The van der Waals surface area contributed by atoms with Gasteiger partial charge in [-0.2, -0.15) is 0 Å². The Morgan fingerprint density at radius 3 is 2.79 bits per heavy atom. The van der Waals surface area contributed by atoms with Crippen molar-refractivity contribution in [2.75, 3.05) is 6.54 Å². The number of unbranched alkanes of at least 4 members (excludes halogenated alkanes) is 1. The molecule has 0 spiro atoms. The predicted molar refractivity (Wildman–Crippen MR) is 57.3 cm³/mol. The van der Waals surface area contributed by atoms with Gasteiger partial charge >= 0.3 is 5.69 Å². The number of hydrogen-bond acceptors (Lipinski definition) is 3. The SMILES string of the molecule is NCCCCn1cc(Br)c(=O)[nH]c1=O. The van der Waals surface area contributed by atoms with Crippen molar-refractivity contribution >= 4 is 15.9 Å². The first-order valence-corrected chi connectivity index (χ1v) is 5.14. The van der Waals surface area contributed by atoms with Crippen LogP contribution in [0, 0.1) is 0 Å². The summed E-state index contributed by atoms with van der Waals surface area (Å²) in [6.45, 7) is 1.19. The number of nitrogens with two attached hydrogens (primary N) is 1. The van der Waals surface area contributed by atoms with E-state index in [0.717, 1.165) is 12.8 Å². The van der Waals surface area contributed by atoms with Crippen molar-refractivity contribution in [2.24, 2.45) is 5.73 Å². The fourth-order valence-corrected chi connectivity index (χ4v) is 1.42. The van der Waals surface area contributed by atoms with E-state index in [1.807, 2.05) is 0 Å². The molecule has 0 aromatic carbocycles. The number of H-pyrrole nitrogens is 1. The van der Waals surface area contributed by atoms with Gasteiger partial charge < -0.3 is 5.73 Å². The van der Waals surface area contributed by atoms with Gasteiger partial charge in [0.15, 0.2) is 0 Å². The Balaban J connectivity index is 2.82. The van der Waals surface area contributed by atoms with Gasteiger partial charge in [0.05, 0.1) is 4.47 Å². The van der Waals surface area contributed by atoms with E-state index in [9.17, 15) is 9.59 Å². The predicted octanol–water partition coefficient (Wildman–Crippen LogP) is 0.0380. The molecule has 0 radical (unpaired) electrons. The second-order valence-electron chi connectivity index (χ2n) is 2.93. The molecule has 1 rings (SSSR count). The Morgan fingerprint density at radius 2 is 2.14 bits per heavy atom. The van der Waals surface area contributed by atoms with Crippen LogP contribution in [-0.2, 0) is 6.54 Å². The topological polar surface area (TPSA) is 80.9 Å². The summed E-state index contributed by atoms with van der Waals surface area (Å²) in [5.74, 6) is 0. The van der Waals surface area contributed by atoms with Gasteiger partial charge in [-0.05, 0) is 35.3 Å². The van der Waals surface area contributed by atoms with E-state index in [4.69, 9.17) is 5.73 Å². The zero-order valence-electron chi connectivity index (χ0n) is 7.62. The number of hydrogen-bond donors (Lipinski definition) is 2. The molecule has 1 aromatic heterocycles. The lowest BCUT2D eigenvalue weighted by atomic mass is 10.3. The molecule has 0 amide bonds. The number of halogens is 1. The highest BCUT2D eigenvalue weighted by Crippen LogP contribution is 1.99. The molecule has 78 valence electrons. The van der Waals surface area contributed by atoms with Crippen LogP contribution < -0.4 is 17.0 Å². The van der Waals surface area contributed by atoms with Crippen LogP contribution in [-0.4, -0.2) is 16.1 Å². The molecule has 0 atom stereocenters. The fourth-order valence-electron chi connectivity index (χ4n) is 1.08. The molecule has 5 nitrogen and oxygen atoms in total. The van der Waals surface area contributed by atoms with Crippen LogP contribution in [0.3, 0.4) is 0 Å². The first-order chi connectivity index (χ1) is 6.65. The molecule has 0 saturated heterocycles. The van der Waals surface area contributed by atoms with Crippen LogP contribution >= 0.6 is 15.9 Å². The third-order valence-electron chi connectivity index (χ3n) is 1.82. The standard InChI is InChI=1S/C8H12BrN3O2/c9-6-5-12(4-2-1-3-10)8(14)11-7(6)13/h5H,1-4,10H2,(H,11,13,14). The second-order valence-corrected chi connectivity index (χ2v) is 3.78. The Hall–Kier alpha value is -0.880. The van der Waals surface area contributed by atoms with E-state index in [1.165, 1.54) is 10.8 Å². The Bertz CT molecular complexity index is 410. The number of nitrogens with zero attached hydrogens (tertiary/aromatic N) is 1. The summed E-state index contributed by atoms with van der Waals surface area (Å²) >= 11 is 3.06. The number of rotatable bonds is 4. The summed E-state index contributed by atoms with van der Waals surface area (Å²) in [6, 6.07) is 0. The quantitative estimate of drug-likeness (QED) is 0.751. The van der Waals surface area contributed by atoms with Crippen molar-refractivity contribution in [1.29, 1.82) is 0 Å². The Morgan fingerprint density at radius 1 is 1.43 bits per heavy atom. The molecule has 0 aliphatic carbocycles. The molecular formula is C8H12BrN3O2. The van der Waals surface area contributed by atoms with Gasteiger partial charge in [0.25, 0.3) is 5.56 Å². The van der Waals surface area contributed by atoms with Crippen LogP contribution in [0.25, 0.3) is 0 Å². The number of nitrogens with one attached hydrogen (secondary N) is 1. The first kappa shape index (κ1) is 11.2. The zero-order valence-corrected chi connectivity index (χ0v) is 9.21. The molecule has 6 heteroatoms. The number of aromatic nitrogens is 2. The highest BCUT2D eigenvalue weighted by atomic mass is 79.9. The maximum atomic E-state index is 11.2.